The van der Waals surface area contributed by atoms with Crippen LogP contribution >= 0.6 is 12.2 Å². The van der Waals surface area contributed by atoms with Crippen LogP contribution in [0.25, 0.3) is 10.8 Å². The van der Waals surface area contributed by atoms with Gasteiger partial charge in [-0.05, 0) is 49.9 Å². The summed E-state index contributed by atoms with van der Waals surface area (Å²) in [5, 5.41) is 2.48. The van der Waals surface area contributed by atoms with Gasteiger partial charge in [0, 0.05) is 80.0 Å². The summed E-state index contributed by atoms with van der Waals surface area (Å²) in [6, 6.07) is 13.3. The number of thiocarbonyl (C=S) groups is 1. The Morgan fingerprint density at radius 3 is 2.60 bits per heavy atom. The van der Waals surface area contributed by atoms with Gasteiger partial charge in [0.15, 0.2) is 0 Å². The van der Waals surface area contributed by atoms with Crippen LogP contribution in [0, 0.1) is 6.92 Å². The number of hydrogen-bond acceptors (Lipinski definition) is 9. The Bertz CT molecular complexity index is 1590. The second kappa shape index (κ2) is 13.8. The maximum Gasteiger partial charge on any atom is 0.319 e. The number of halogens is 1. The molecule has 0 spiro atoms. The van der Waals surface area contributed by atoms with Gasteiger partial charge >= 0.3 is 6.01 Å². The third kappa shape index (κ3) is 6.66. The van der Waals surface area contributed by atoms with Gasteiger partial charge in [0.2, 0.25) is 5.91 Å². The molecule has 0 bridgehead atoms. The minimum Gasteiger partial charge on any atom is -0.458 e. The van der Waals surface area contributed by atoms with E-state index in [2.05, 4.69) is 65.1 Å². The summed E-state index contributed by atoms with van der Waals surface area (Å²) >= 11 is 5.81. The van der Waals surface area contributed by atoms with E-state index in [4.69, 9.17) is 31.7 Å². The number of allylic oxidation sites excluding steroid dienone is 1. The Hall–Kier alpha value is -3.67. The Labute approximate surface area is 269 Å². The average Bonchev–Trinajstić information content (AvgIpc) is 3.46. The highest BCUT2D eigenvalue weighted by molar-refractivity contribution is 7.80. The number of fused-ring (bicyclic) bond motifs is 2. The van der Waals surface area contributed by atoms with Crippen molar-refractivity contribution in [2.24, 2.45) is 0 Å². The van der Waals surface area contributed by atoms with Gasteiger partial charge in [-0.2, -0.15) is 9.97 Å². The van der Waals surface area contributed by atoms with Crippen molar-refractivity contribution in [1.29, 1.82) is 0 Å². The van der Waals surface area contributed by atoms with Crippen LogP contribution in [0.15, 0.2) is 48.6 Å². The van der Waals surface area contributed by atoms with Crippen molar-refractivity contribution in [3.05, 3.63) is 65.4 Å². The van der Waals surface area contributed by atoms with Gasteiger partial charge in [0.25, 0.3) is 0 Å². The van der Waals surface area contributed by atoms with Crippen molar-refractivity contribution < 1.29 is 18.7 Å². The number of amides is 1. The van der Waals surface area contributed by atoms with E-state index in [0.29, 0.717) is 38.7 Å². The Kier molecular flexibility index (Phi) is 9.58. The summed E-state index contributed by atoms with van der Waals surface area (Å²) in [5.41, 5.74) is 4.51. The van der Waals surface area contributed by atoms with Crippen molar-refractivity contribution in [3.8, 4) is 6.01 Å². The standard InChI is InChI=1S/C34H41FN6O3S/c1-23-7-4-8-24-9-5-10-28(32(23)24)41-14-12-26-27(21-41)36-34(44-22-30(45)29-19-25(43-3)20-38(29)2)37-33(26)40-17-15-39(16-18-40)31(42)11-6-13-35/h4-11,25,29H,12-22H2,1-3H3/b11-6+/t25-,29+/m1/s1. The molecule has 6 rings (SSSR count). The first-order valence-electron chi connectivity index (χ1n) is 15.6. The molecule has 1 amide bonds. The van der Waals surface area contributed by atoms with Crippen LogP contribution < -0.4 is 14.5 Å². The van der Waals surface area contributed by atoms with Crippen LogP contribution in [0.5, 0.6) is 6.01 Å². The first-order chi connectivity index (χ1) is 21.9. The molecule has 9 nitrogen and oxygen atoms in total. The molecular formula is C34H41FN6O3S. The topological polar surface area (TPSA) is 74.3 Å². The zero-order chi connectivity index (χ0) is 31.5. The number of benzene rings is 2. The van der Waals surface area contributed by atoms with Crippen LogP contribution in [0.3, 0.4) is 0 Å². The number of carbonyl (C=O) groups excluding carboxylic acids is 1. The molecule has 11 heteroatoms. The molecule has 0 unspecified atom stereocenters. The molecule has 2 fully saturated rings. The fourth-order valence-electron chi connectivity index (χ4n) is 6.81. The fraction of sp³-hybridized carbons (Fsp3) is 0.471. The normalized spacial score (nSPS) is 20.7. The molecule has 3 aromatic rings. The molecule has 0 saturated carbocycles. The van der Waals surface area contributed by atoms with E-state index in [-0.39, 0.29) is 24.7 Å². The minimum atomic E-state index is -0.648. The van der Waals surface area contributed by atoms with Crippen LogP contribution in [-0.2, 0) is 22.5 Å². The van der Waals surface area contributed by atoms with Gasteiger partial charge in [0.05, 0.1) is 18.3 Å². The summed E-state index contributed by atoms with van der Waals surface area (Å²) in [7, 11) is 3.80. The highest BCUT2D eigenvalue weighted by atomic mass is 32.1. The van der Waals surface area contributed by atoms with E-state index in [0.717, 1.165) is 47.9 Å². The Morgan fingerprint density at radius 2 is 1.87 bits per heavy atom. The number of hydrogen-bond donors (Lipinski definition) is 0. The van der Waals surface area contributed by atoms with Crippen LogP contribution in [-0.4, -0.2) is 109 Å². The number of anilines is 2. The lowest BCUT2D eigenvalue weighted by atomic mass is 9.99. The highest BCUT2D eigenvalue weighted by Crippen LogP contribution is 2.35. The quantitative estimate of drug-likeness (QED) is 0.256. The van der Waals surface area contributed by atoms with E-state index in [1.165, 1.54) is 34.2 Å². The first-order valence-corrected chi connectivity index (χ1v) is 16.0. The summed E-state index contributed by atoms with van der Waals surface area (Å²) in [4.78, 5) is 31.8. The number of piperazine rings is 1. The third-order valence-corrected chi connectivity index (χ3v) is 9.64. The van der Waals surface area contributed by atoms with Gasteiger partial charge in [0.1, 0.15) is 19.1 Å². The molecule has 4 heterocycles. The number of likely N-dealkylation sites (tertiary alicyclic amines) is 1. The van der Waals surface area contributed by atoms with Gasteiger partial charge in [-0.25, -0.2) is 4.39 Å². The molecule has 0 aliphatic carbocycles. The monoisotopic (exact) mass is 632 g/mol. The van der Waals surface area contributed by atoms with Gasteiger partial charge in [-0.3, -0.25) is 9.69 Å². The molecule has 0 N–H and O–H groups in total. The zero-order valence-corrected chi connectivity index (χ0v) is 27.1. The molecule has 3 aliphatic heterocycles. The number of nitrogens with zero attached hydrogens (tertiary/aromatic N) is 6. The number of likely N-dealkylation sites (N-methyl/N-ethyl adjacent to an activating group) is 1. The van der Waals surface area contributed by atoms with Crippen molar-refractivity contribution >= 4 is 45.3 Å². The molecule has 1 aromatic heterocycles. The molecule has 3 aliphatic rings. The Balaban J connectivity index is 1.27. The predicted octanol–water partition coefficient (Wildman–Crippen LogP) is 4.14. The van der Waals surface area contributed by atoms with Gasteiger partial charge < -0.3 is 24.2 Å². The van der Waals surface area contributed by atoms with Crippen molar-refractivity contribution in [3.63, 3.8) is 0 Å². The lowest BCUT2D eigenvalue weighted by Crippen LogP contribution is -2.49. The lowest BCUT2D eigenvalue weighted by molar-refractivity contribution is -0.126. The molecule has 45 heavy (non-hydrogen) atoms. The van der Waals surface area contributed by atoms with Crippen LogP contribution in [0.1, 0.15) is 23.2 Å². The number of methoxy groups -OCH3 is 1. The minimum absolute atomic E-state index is 0.101. The van der Waals surface area contributed by atoms with Crippen LogP contribution in [0.4, 0.5) is 15.9 Å². The van der Waals surface area contributed by atoms with Crippen molar-refractivity contribution in [1.82, 2.24) is 19.8 Å². The lowest BCUT2D eigenvalue weighted by Gasteiger charge is -2.38. The Morgan fingerprint density at radius 1 is 1.09 bits per heavy atom. The van der Waals surface area contributed by atoms with Crippen molar-refractivity contribution in [2.75, 3.05) is 76.5 Å². The predicted molar refractivity (Wildman–Crippen MR) is 179 cm³/mol. The number of carbonyl (C=O) groups is 1. The smallest absolute Gasteiger partial charge is 0.319 e. The van der Waals surface area contributed by atoms with E-state index in [1.807, 2.05) is 0 Å². The number of aryl methyl sites for hydroxylation is 1. The number of aromatic nitrogens is 2. The fourth-order valence-corrected chi connectivity index (χ4v) is 7.15. The number of rotatable bonds is 9. The second-order valence-electron chi connectivity index (χ2n) is 12.0. The third-order valence-electron chi connectivity index (χ3n) is 9.25. The highest BCUT2D eigenvalue weighted by Gasteiger charge is 2.33. The summed E-state index contributed by atoms with van der Waals surface area (Å²) in [6.07, 6.45) is 4.36. The average molecular weight is 633 g/mol. The van der Waals surface area contributed by atoms with Gasteiger partial charge in [-0.15, -0.1) is 0 Å². The summed E-state index contributed by atoms with van der Waals surface area (Å²) in [5.74, 6) is 0.696. The maximum atomic E-state index is 12.6. The zero-order valence-electron chi connectivity index (χ0n) is 26.2. The van der Waals surface area contributed by atoms with E-state index in [9.17, 15) is 9.18 Å². The maximum absolute atomic E-state index is 12.6. The summed E-state index contributed by atoms with van der Waals surface area (Å²) < 4.78 is 24.4. The van der Waals surface area contributed by atoms with Gasteiger partial charge in [-0.1, -0.05) is 42.5 Å². The number of ether oxygens (including phenoxy) is 2. The largest absolute Gasteiger partial charge is 0.458 e. The van der Waals surface area contributed by atoms with Crippen LogP contribution in [0.2, 0.25) is 0 Å². The van der Waals surface area contributed by atoms with E-state index < -0.39 is 6.67 Å². The molecule has 2 saturated heterocycles. The summed E-state index contributed by atoms with van der Waals surface area (Å²) in [6.45, 7) is 6.36. The number of alkyl halides is 1. The molecular weight excluding hydrogens is 591 g/mol. The van der Waals surface area contributed by atoms with Crippen molar-refractivity contribution in [2.45, 2.75) is 38.5 Å². The molecule has 2 atom stereocenters. The first kappa shape index (κ1) is 31.3. The SMILES string of the molecule is CO[C@@H]1C[C@@H](C(=S)COc2nc3c(c(N4CCN(C(=O)/C=C/CF)CC4)n2)CCN(c2cccc4cccc(C)c24)C3)N(C)C1. The second-order valence-corrected chi connectivity index (χ2v) is 12.6. The van der Waals surface area contributed by atoms with E-state index >= 15 is 0 Å². The molecule has 2 aromatic carbocycles. The van der Waals surface area contributed by atoms with E-state index in [1.54, 1.807) is 12.0 Å². The molecule has 238 valence electrons. The molecule has 0 radical (unpaired) electrons.